The molecule has 17 unspecified atom stereocenters. The van der Waals surface area contributed by atoms with Gasteiger partial charge < -0.3 is 120 Å². The Labute approximate surface area is 307 Å². The second-order valence-electron chi connectivity index (χ2n) is 14.0. The first-order chi connectivity index (χ1) is 25.4. The fourth-order valence-electron chi connectivity index (χ4n) is 6.94. The molecule has 5 aliphatic rings. The second kappa shape index (κ2) is 18.3. The molecule has 0 aromatic heterocycles. The maximum absolute atomic E-state index is 11.1. The topological polar surface area (TPSA) is 392 Å². The lowest BCUT2D eigenvalue weighted by Crippen LogP contribution is -2.70. The van der Waals surface area contributed by atoms with Crippen molar-refractivity contribution in [2.45, 2.75) is 167 Å². The third-order valence-electron chi connectivity index (χ3n) is 10.3. The Morgan fingerprint density at radius 1 is 0.389 bits per heavy atom. The highest BCUT2D eigenvalue weighted by atomic mass is 16.8. The van der Waals surface area contributed by atoms with E-state index in [1.165, 1.54) is 13.8 Å². The minimum Gasteiger partial charge on any atom is -0.394 e. The highest BCUT2D eigenvalue weighted by Crippen LogP contribution is 2.36. The maximum atomic E-state index is 11.1. The Hall–Kier alpha value is -0.960. The molecule has 0 bridgehead atoms. The van der Waals surface area contributed by atoms with Crippen LogP contribution < -0.4 is 5.73 Å². The van der Waals surface area contributed by atoms with E-state index in [0.29, 0.717) is 0 Å². The SMILES string of the molecule is CC1O[C@@H](OC2C(O)[C@@H](O)C(CO)O[C@H]2O[C@H]2C(CO)OC(OC3C(O)C(O)OC(CO)[C@@H]3O)C(N)C2O[C@@H]2OC(C)[C@@H](O)C(O)C2O)C(O)C(O)[C@@H]1O. The van der Waals surface area contributed by atoms with Gasteiger partial charge in [-0.25, -0.2) is 0 Å². The molecule has 24 heteroatoms. The Bertz CT molecular complexity index is 1180. The zero-order chi connectivity index (χ0) is 39.9. The standard InChI is InChI=1S/C30H53NO23/c1-6-12(35)16(39)19(42)28(46-6)52-23-11(31)27(53-24-15(38)9(4-33)48-26(45)21(24)44)50-10(5-34)22(23)51-30-25(18(41)14(37)8(3-32)49-30)54-29-20(43)17(40)13(36)7(2)47-29/h6-30,32-45H,3-5,31H2,1-2H3/t6?,7?,8?,9?,10?,11?,12-,13-,14+,15+,16?,17?,18?,19?,20?,21?,22+,23?,24?,25?,26?,27?,28+,29+,30+/m1/s1. The van der Waals surface area contributed by atoms with Crippen LogP contribution in [0.25, 0.3) is 0 Å². The first-order valence-electron chi connectivity index (χ1n) is 17.4. The summed E-state index contributed by atoms with van der Waals surface area (Å²) in [6.45, 7) is 0.0525. The third kappa shape index (κ3) is 8.72. The van der Waals surface area contributed by atoms with Gasteiger partial charge >= 0.3 is 0 Å². The molecular weight excluding hydrogens is 742 g/mol. The molecule has 54 heavy (non-hydrogen) atoms. The minimum absolute atomic E-state index is 0.812. The average molecular weight is 796 g/mol. The van der Waals surface area contributed by atoms with Gasteiger partial charge in [0.25, 0.3) is 0 Å². The third-order valence-corrected chi connectivity index (χ3v) is 10.3. The lowest BCUT2D eigenvalue weighted by atomic mass is 9.94. The lowest BCUT2D eigenvalue weighted by Gasteiger charge is -2.51. The Kier molecular flexibility index (Phi) is 15.0. The van der Waals surface area contributed by atoms with E-state index >= 15 is 0 Å². The summed E-state index contributed by atoms with van der Waals surface area (Å²) in [5, 5.41) is 146. The number of hydrogen-bond donors (Lipinski definition) is 15. The molecule has 0 amide bonds. The zero-order valence-corrected chi connectivity index (χ0v) is 29.1. The molecule has 24 nitrogen and oxygen atoms in total. The molecule has 5 rings (SSSR count). The molecule has 0 aromatic rings. The van der Waals surface area contributed by atoms with Gasteiger partial charge in [-0.15, -0.1) is 0 Å². The molecule has 16 N–H and O–H groups in total. The molecule has 0 aromatic carbocycles. The van der Waals surface area contributed by atoms with Gasteiger partial charge in [0.15, 0.2) is 31.5 Å². The number of ether oxygens (including phenoxy) is 9. The summed E-state index contributed by atoms with van der Waals surface area (Å²) < 4.78 is 51.4. The number of nitrogens with two attached hydrogens (primary N) is 1. The van der Waals surface area contributed by atoms with Gasteiger partial charge in [-0.05, 0) is 13.8 Å². The first kappa shape index (κ1) is 44.1. The molecular formula is C30H53NO23. The van der Waals surface area contributed by atoms with Crippen LogP contribution in [0, 0.1) is 0 Å². The summed E-state index contributed by atoms with van der Waals surface area (Å²) >= 11 is 0. The minimum atomic E-state index is -1.97. The highest BCUT2D eigenvalue weighted by molar-refractivity contribution is 5.00. The summed E-state index contributed by atoms with van der Waals surface area (Å²) in [7, 11) is 0. The van der Waals surface area contributed by atoms with E-state index in [2.05, 4.69) is 0 Å². The van der Waals surface area contributed by atoms with Crippen LogP contribution >= 0.6 is 0 Å². The fourth-order valence-corrected chi connectivity index (χ4v) is 6.94. The van der Waals surface area contributed by atoms with Crippen LogP contribution in [0.4, 0.5) is 0 Å². The highest BCUT2D eigenvalue weighted by Gasteiger charge is 2.57. The fraction of sp³-hybridized carbons (Fsp3) is 1.00. The van der Waals surface area contributed by atoms with Gasteiger partial charge in [-0.1, -0.05) is 0 Å². The first-order valence-corrected chi connectivity index (χ1v) is 17.4. The Morgan fingerprint density at radius 2 is 0.833 bits per heavy atom. The van der Waals surface area contributed by atoms with Crippen molar-refractivity contribution in [2.24, 2.45) is 5.73 Å². The molecule has 0 aliphatic carbocycles. The van der Waals surface area contributed by atoms with Gasteiger partial charge in [0.2, 0.25) is 0 Å². The van der Waals surface area contributed by atoms with E-state index in [1.54, 1.807) is 0 Å². The number of aliphatic hydroxyl groups excluding tert-OH is 14. The van der Waals surface area contributed by atoms with E-state index in [4.69, 9.17) is 48.4 Å². The summed E-state index contributed by atoms with van der Waals surface area (Å²) in [6, 6.07) is -1.65. The van der Waals surface area contributed by atoms with Crippen molar-refractivity contribution < 1.29 is 114 Å². The summed E-state index contributed by atoms with van der Waals surface area (Å²) in [4.78, 5) is 0. The van der Waals surface area contributed by atoms with Crippen molar-refractivity contribution in [3.63, 3.8) is 0 Å². The summed E-state index contributed by atoms with van der Waals surface area (Å²) in [5.41, 5.74) is 6.56. The van der Waals surface area contributed by atoms with E-state index < -0.39 is 173 Å². The molecule has 5 aliphatic heterocycles. The zero-order valence-electron chi connectivity index (χ0n) is 29.1. The van der Waals surface area contributed by atoms with Crippen molar-refractivity contribution in [3.8, 4) is 0 Å². The maximum Gasteiger partial charge on any atom is 0.187 e. The molecule has 316 valence electrons. The summed E-state index contributed by atoms with van der Waals surface area (Å²) in [6.07, 6.45) is -41.1. The van der Waals surface area contributed by atoms with Gasteiger partial charge in [0.1, 0.15) is 104 Å². The molecule has 0 saturated carbocycles. The van der Waals surface area contributed by atoms with E-state index in [-0.39, 0.29) is 0 Å². The van der Waals surface area contributed by atoms with Crippen LogP contribution in [0.1, 0.15) is 13.8 Å². The van der Waals surface area contributed by atoms with Crippen molar-refractivity contribution in [1.29, 1.82) is 0 Å². The van der Waals surface area contributed by atoms with E-state index in [1.807, 2.05) is 0 Å². The quantitative estimate of drug-likeness (QED) is 0.0923. The predicted octanol–water partition coefficient (Wildman–Crippen LogP) is -9.90. The summed E-state index contributed by atoms with van der Waals surface area (Å²) in [5.74, 6) is 0. The van der Waals surface area contributed by atoms with Crippen LogP contribution in [-0.4, -0.2) is 245 Å². The second-order valence-corrected chi connectivity index (χ2v) is 14.0. The number of hydrogen-bond acceptors (Lipinski definition) is 24. The molecule has 5 fully saturated rings. The van der Waals surface area contributed by atoms with E-state index in [9.17, 15) is 71.5 Å². The monoisotopic (exact) mass is 795 g/mol. The average Bonchev–Trinajstić information content (AvgIpc) is 3.15. The molecule has 0 spiro atoms. The van der Waals surface area contributed by atoms with Gasteiger partial charge in [-0.2, -0.15) is 0 Å². The van der Waals surface area contributed by atoms with Gasteiger partial charge in [0, 0.05) is 0 Å². The number of rotatable bonds is 11. The largest absolute Gasteiger partial charge is 0.394 e. The number of aliphatic hydroxyl groups is 14. The van der Waals surface area contributed by atoms with Crippen LogP contribution in [0.3, 0.4) is 0 Å². The Morgan fingerprint density at radius 3 is 1.35 bits per heavy atom. The van der Waals surface area contributed by atoms with Crippen molar-refractivity contribution in [2.75, 3.05) is 19.8 Å². The predicted molar refractivity (Wildman–Crippen MR) is 166 cm³/mol. The normalized spacial score (nSPS) is 54.7. The van der Waals surface area contributed by atoms with Crippen LogP contribution in [0.5, 0.6) is 0 Å². The molecule has 5 heterocycles. The van der Waals surface area contributed by atoms with Gasteiger partial charge in [-0.3, -0.25) is 0 Å². The van der Waals surface area contributed by atoms with Crippen LogP contribution in [-0.2, 0) is 42.6 Å². The van der Waals surface area contributed by atoms with Gasteiger partial charge in [0.05, 0.1) is 38.1 Å². The molecule has 0 radical (unpaired) electrons. The van der Waals surface area contributed by atoms with E-state index in [0.717, 1.165) is 0 Å². The van der Waals surface area contributed by atoms with Crippen molar-refractivity contribution >= 4 is 0 Å². The van der Waals surface area contributed by atoms with Crippen LogP contribution in [0.2, 0.25) is 0 Å². The smallest absolute Gasteiger partial charge is 0.187 e. The van der Waals surface area contributed by atoms with Crippen molar-refractivity contribution in [3.05, 3.63) is 0 Å². The molecule has 5 saturated heterocycles. The van der Waals surface area contributed by atoms with Crippen LogP contribution in [0.15, 0.2) is 0 Å². The Balaban J connectivity index is 1.47. The lowest BCUT2D eigenvalue weighted by molar-refractivity contribution is -0.397. The van der Waals surface area contributed by atoms with Crippen molar-refractivity contribution in [1.82, 2.24) is 0 Å². The molecule has 25 atom stereocenters.